The van der Waals surface area contributed by atoms with Crippen LogP contribution in [0.15, 0.2) is 0 Å². The summed E-state index contributed by atoms with van der Waals surface area (Å²) in [7, 11) is 2.97. The minimum Gasteiger partial charge on any atom is -0.361 e. The van der Waals surface area contributed by atoms with Gasteiger partial charge in [0.1, 0.15) is 0 Å². The first-order valence-corrected chi connectivity index (χ1v) is 6.49. The minimum atomic E-state index is 0.730. The predicted octanol–water partition coefficient (Wildman–Crippen LogP) is 1.96. The molecule has 0 radical (unpaired) electrons. The Morgan fingerprint density at radius 2 is 2.38 bits per heavy atom. The fourth-order valence-corrected chi connectivity index (χ4v) is 2.99. The average Bonchev–Trinajstić information content (AvgIpc) is 2.78. The van der Waals surface area contributed by atoms with Crippen LogP contribution in [0.1, 0.15) is 19.8 Å². The molecule has 3 heteroatoms. The second-order valence-corrected chi connectivity index (χ2v) is 5.45. The van der Waals surface area contributed by atoms with Gasteiger partial charge in [-0.05, 0) is 31.5 Å². The molecule has 0 N–H and O–H groups in total. The Kier molecular flexibility index (Phi) is 3.23. The number of likely N-dealkylation sites (tertiary alicyclic amines) is 1. The average molecular weight is 201 g/mol. The Balaban J connectivity index is 1.63. The van der Waals surface area contributed by atoms with Gasteiger partial charge in [0.15, 0.2) is 0 Å². The van der Waals surface area contributed by atoms with Crippen LogP contribution < -0.4 is 0 Å². The van der Waals surface area contributed by atoms with E-state index >= 15 is 0 Å². The summed E-state index contributed by atoms with van der Waals surface area (Å²) >= 11 is 0. The highest BCUT2D eigenvalue weighted by Crippen LogP contribution is 2.49. The highest BCUT2D eigenvalue weighted by Gasteiger charge is 2.50. The molecule has 2 rings (SSSR count). The van der Waals surface area contributed by atoms with Gasteiger partial charge in [-0.2, -0.15) is 0 Å². The summed E-state index contributed by atoms with van der Waals surface area (Å²) in [6.45, 7) is 4.51. The number of piperidine rings is 1. The molecule has 1 aliphatic carbocycles. The maximum Gasteiger partial charge on any atom is 0.0663 e. The lowest BCUT2D eigenvalue weighted by Crippen LogP contribution is -2.32. The molecule has 1 saturated carbocycles. The molecule has 0 amide bonds. The van der Waals surface area contributed by atoms with E-state index in [1.54, 1.807) is 0 Å². The summed E-state index contributed by atoms with van der Waals surface area (Å²) in [5, 5.41) is 0. The summed E-state index contributed by atoms with van der Waals surface area (Å²) in [5.41, 5.74) is 0. The normalized spacial score (nSPS) is 38.8. The van der Waals surface area contributed by atoms with Gasteiger partial charge < -0.3 is 9.42 Å². The molecule has 2 fully saturated rings. The molecule has 13 heavy (non-hydrogen) atoms. The molecule has 0 aromatic carbocycles. The summed E-state index contributed by atoms with van der Waals surface area (Å²) in [6.07, 6.45) is 3.96. The third-order valence-electron chi connectivity index (χ3n) is 3.27. The molecule has 1 saturated heterocycles. The molecule has 0 aromatic heterocycles. The van der Waals surface area contributed by atoms with Crippen LogP contribution in [0, 0.1) is 11.8 Å². The van der Waals surface area contributed by atoms with Gasteiger partial charge in [-0.1, -0.05) is 13.3 Å². The molecule has 1 heterocycles. The second-order valence-electron chi connectivity index (χ2n) is 4.37. The van der Waals surface area contributed by atoms with E-state index in [1.165, 1.54) is 25.5 Å². The maximum atomic E-state index is 5.71. The van der Waals surface area contributed by atoms with Crippen molar-refractivity contribution in [2.24, 2.45) is 11.8 Å². The summed E-state index contributed by atoms with van der Waals surface area (Å²) in [4.78, 5) is 2.48. The van der Waals surface area contributed by atoms with Crippen LogP contribution in [0.5, 0.6) is 0 Å². The van der Waals surface area contributed by atoms with Crippen molar-refractivity contribution in [1.82, 2.24) is 4.90 Å². The highest BCUT2D eigenvalue weighted by molar-refractivity contribution is 7.32. The lowest BCUT2D eigenvalue weighted by Gasteiger charge is -2.22. The number of nitrogens with zero attached hydrogens (tertiary/aromatic N) is 1. The lowest BCUT2D eigenvalue weighted by atomic mass is 10.2. The SMILES string of the molecule is CCCPOC[C@@H]1[C@H]2C[C@H]2CN1C. The van der Waals surface area contributed by atoms with E-state index < -0.39 is 0 Å². The molecule has 0 aromatic rings. The van der Waals surface area contributed by atoms with Crippen molar-refractivity contribution in [2.75, 3.05) is 26.4 Å². The first-order chi connectivity index (χ1) is 6.33. The van der Waals surface area contributed by atoms with Gasteiger partial charge in [0.05, 0.1) is 6.61 Å². The zero-order valence-electron chi connectivity index (χ0n) is 8.62. The summed E-state index contributed by atoms with van der Waals surface area (Å²) < 4.78 is 5.71. The van der Waals surface area contributed by atoms with Gasteiger partial charge >= 0.3 is 0 Å². The van der Waals surface area contributed by atoms with Crippen molar-refractivity contribution in [3.05, 3.63) is 0 Å². The van der Waals surface area contributed by atoms with Crippen LogP contribution in [-0.2, 0) is 4.52 Å². The quantitative estimate of drug-likeness (QED) is 0.498. The van der Waals surface area contributed by atoms with Gasteiger partial charge in [-0.25, -0.2) is 0 Å². The first-order valence-electron chi connectivity index (χ1n) is 5.37. The monoisotopic (exact) mass is 201 g/mol. The molecular formula is C10H20NOP. The number of rotatable bonds is 5. The molecule has 0 spiro atoms. The van der Waals surface area contributed by atoms with E-state index in [9.17, 15) is 0 Å². The summed E-state index contributed by atoms with van der Waals surface area (Å²) in [5.74, 6) is 2.00. The van der Waals surface area contributed by atoms with E-state index in [0.717, 1.165) is 33.3 Å². The van der Waals surface area contributed by atoms with E-state index in [4.69, 9.17) is 4.52 Å². The van der Waals surface area contributed by atoms with E-state index in [2.05, 4.69) is 18.9 Å². The molecule has 1 unspecified atom stereocenters. The van der Waals surface area contributed by atoms with Crippen LogP contribution in [0.4, 0.5) is 0 Å². The molecule has 0 bridgehead atoms. The van der Waals surface area contributed by atoms with Crippen LogP contribution in [0.25, 0.3) is 0 Å². The number of fused-ring (bicyclic) bond motifs is 1. The fraction of sp³-hybridized carbons (Fsp3) is 1.00. The third kappa shape index (κ3) is 2.23. The topological polar surface area (TPSA) is 12.5 Å². The van der Waals surface area contributed by atoms with Gasteiger partial charge in [0.25, 0.3) is 0 Å². The van der Waals surface area contributed by atoms with Crippen molar-refractivity contribution in [3.63, 3.8) is 0 Å². The van der Waals surface area contributed by atoms with E-state index in [0.29, 0.717) is 0 Å². The van der Waals surface area contributed by atoms with Crippen LogP contribution >= 0.6 is 8.81 Å². The number of hydrogen-bond acceptors (Lipinski definition) is 2. The van der Waals surface area contributed by atoms with Gasteiger partial charge in [0, 0.05) is 21.4 Å². The summed E-state index contributed by atoms with van der Waals surface area (Å²) in [6, 6.07) is 0.745. The second kappa shape index (κ2) is 4.25. The van der Waals surface area contributed by atoms with Crippen molar-refractivity contribution < 1.29 is 4.52 Å². The third-order valence-corrected chi connectivity index (χ3v) is 4.34. The maximum absolute atomic E-state index is 5.71. The van der Waals surface area contributed by atoms with Crippen molar-refractivity contribution in [2.45, 2.75) is 25.8 Å². The van der Waals surface area contributed by atoms with Crippen molar-refractivity contribution in [1.29, 1.82) is 0 Å². The number of likely N-dealkylation sites (N-methyl/N-ethyl adjacent to an activating group) is 1. The van der Waals surface area contributed by atoms with E-state index in [-0.39, 0.29) is 0 Å². The van der Waals surface area contributed by atoms with Crippen LogP contribution in [0.2, 0.25) is 0 Å². The molecule has 76 valence electrons. The van der Waals surface area contributed by atoms with Crippen LogP contribution in [0.3, 0.4) is 0 Å². The molecular weight excluding hydrogens is 181 g/mol. The lowest BCUT2D eigenvalue weighted by molar-refractivity contribution is 0.189. The Morgan fingerprint density at radius 3 is 3.00 bits per heavy atom. The Bertz CT molecular complexity index is 174. The standard InChI is InChI=1S/C10H20NOP/c1-3-4-13-12-7-10-9-5-8(9)6-11(10)2/h8-10,13H,3-7H2,1-2H3/t8-,9-,10+/m0/s1. The van der Waals surface area contributed by atoms with Crippen molar-refractivity contribution >= 4 is 8.81 Å². The fourth-order valence-electron chi connectivity index (χ4n) is 2.35. The zero-order chi connectivity index (χ0) is 9.26. The molecule has 1 aliphatic heterocycles. The Labute approximate surface area is 82.9 Å². The molecule has 2 nitrogen and oxygen atoms in total. The Morgan fingerprint density at radius 1 is 1.54 bits per heavy atom. The zero-order valence-corrected chi connectivity index (χ0v) is 9.62. The van der Waals surface area contributed by atoms with Crippen molar-refractivity contribution in [3.8, 4) is 0 Å². The van der Waals surface area contributed by atoms with E-state index in [1.807, 2.05) is 0 Å². The molecule has 4 atom stereocenters. The molecule has 2 aliphatic rings. The van der Waals surface area contributed by atoms with Crippen LogP contribution in [-0.4, -0.2) is 37.3 Å². The minimum absolute atomic E-state index is 0.730. The largest absolute Gasteiger partial charge is 0.361 e. The predicted molar refractivity (Wildman–Crippen MR) is 57.4 cm³/mol. The Hall–Kier alpha value is 0.350. The van der Waals surface area contributed by atoms with Gasteiger partial charge in [0.2, 0.25) is 0 Å². The van der Waals surface area contributed by atoms with Gasteiger partial charge in [-0.3, -0.25) is 0 Å². The smallest absolute Gasteiger partial charge is 0.0663 e. The van der Waals surface area contributed by atoms with Gasteiger partial charge in [-0.15, -0.1) is 0 Å². The highest BCUT2D eigenvalue weighted by atomic mass is 31.1. The first kappa shape index (κ1) is 9.89. The number of hydrogen-bond donors (Lipinski definition) is 0.